The molecule has 3 N–H and O–H groups in total. The number of nitrogens with zero attached hydrogens (tertiary/aromatic N) is 3. The van der Waals surface area contributed by atoms with Gasteiger partial charge in [0.15, 0.2) is 16.6 Å². The number of nitrogen functional groups attached to an aromatic ring is 1. The zero-order chi connectivity index (χ0) is 23.7. The van der Waals surface area contributed by atoms with Crippen LogP contribution >= 0.6 is 11.3 Å². The SMILES string of the molecule is CC(C)N1CCN(c2ccc(Nc3nc(N)c(C(=O)c4ccc5c(c4)OCCO5)s3)cc2)CC1. The molecule has 1 fully saturated rings. The lowest BCUT2D eigenvalue weighted by molar-refractivity contribution is 0.104. The minimum atomic E-state index is -0.184. The first-order valence-corrected chi connectivity index (χ1v) is 12.4. The maximum absolute atomic E-state index is 13.1. The van der Waals surface area contributed by atoms with Crippen molar-refractivity contribution in [3.63, 3.8) is 0 Å². The molecule has 9 heteroatoms. The number of hydrogen-bond donors (Lipinski definition) is 2. The lowest BCUT2D eigenvalue weighted by atomic mass is 10.1. The third-order valence-electron chi connectivity index (χ3n) is 6.19. The monoisotopic (exact) mass is 479 g/mol. The molecule has 0 aliphatic carbocycles. The van der Waals surface area contributed by atoms with E-state index in [4.69, 9.17) is 15.2 Å². The number of hydrogen-bond acceptors (Lipinski definition) is 9. The largest absolute Gasteiger partial charge is 0.486 e. The van der Waals surface area contributed by atoms with Gasteiger partial charge < -0.3 is 25.4 Å². The second-order valence-electron chi connectivity index (χ2n) is 8.71. The Labute approximate surface area is 203 Å². The smallest absolute Gasteiger partial charge is 0.206 e. The summed E-state index contributed by atoms with van der Waals surface area (Å²) in [5.41, 5.74) is 8.70. The van der Waals surface area contributed by atoms with E-state index in [-0.39, 0.29) is 11.6 Å². The number of fused-ring (bicyclic) bond motifs is 1. The summed E-state index contributed by atoms with van der Waals surface area (Å²) in [5, 5.41) is 3.86. The zero-order valence-corrected chi connectivity index (χ0v) is 20.2. The van der Waals surface area contributed by atoms with Crippen molar-refractivity contribution in [3.8, 4) is 11.5 Å². The summed E-state index contributed by atoms with van der Waals surface area (Å²) in [6.07, 6.45) is 0. The molecule has 0 amide bonds. The Balaban J connectivity index is 1.25. The van der Waals surface area contributed by atoms with E-state index < -0.39 is 0 Å². The zero-order valence-electron chi connectivity index (χ0n) is 19.4. The number of benzene rings is 2. The molecule has 2 aromatic carbocycles. The number of rotatable bonds is 6. The maximum Gasteiger partial charge on any atom is 0.206 e. The molecule has 3 aromatic rings. The van der Waals surface area contributed by atoms with Crippen molar-refractivity contribution in [2.24, 2.45) is 0 Å². The maximum atomic E-state index is 13.1. The van der Waals surface area contributed by atoms with Crippen LogP contribution in [0.1, 0.15) is 29.1 Å². The summed E-state index contributed by atoms with van der Waals surface area (Å²) in [7, 11) is 0. The van der Waals surface area contributed by atoms with Crippen LogP contribution in [0.4, 0.5) is 22.3 Å². The fourth-order valence-corrected chi connectivity index (χ4v) is 5.11. The van der Waals surface area contributed by atoms with Gasteiger partial charge in [0.2, 0.25) is 5.78 Å². The Morgan fingerprint density at radius 3 is 2.44 bits per heavy atom. The molecule has 0 saturated carbocycles. The molecule has 8 nitrogen and oxygen atoms in total. The van der Waals surface area contributed by atoms with Crippen LogP contribution in [0.15, 0.2) is 42.5 Å². The van der Waals surface area contributed by atoms with Crippen LogP contribution in [0.25, 0.3) is 0 Å². The first kappa shape index (κ1) is 22.5. The van der Waals surface area contributed by atoms with Gasteiger partial charge in [-0.1, -0.05) is 11.3 Å². The second-order valence-corrected chi connectivity index (χ2v) is 9.71. The Morgan fingerprint density at radius 1 is 1.03 bits per heavy atom. The second kappa shape index (κ2) is 9.52. The number of nitrogens with two attached hydrogens (primary N) is 1. The number of ketones is 1. The molecule has 178 valence electrons. The molecule has 2 aliphatic heterocycles. The first-order valence-electron chi connectivity index (χ1n) is 11.5. The molecular formula is C25H29N5O3S. The van der Waals surface area contributed by atoms with Gasteiger partial charge in [0.05, 0.1) is 0 Å². The van der Waals surface area contributed by atoms with Crippen molar-refractivity contribution in [1.29, 1.82) is 0 Å². The predicted molar refractivity (Wildman–Crippen MR) is 136 cm³/mol. The van der Waals surface area contributed by atoms with Gasteiger partial charge in [-0.25, -0.2) is 4.98 Å². The lowest BCUT2D eigenvalue weighted by Crippen LogP contribution is -2.48. The van der Waals surface area contributed by atoms with Crippen LogP contribution in [0.5, 0.6) is 11.5 Å². The highest BCUT2D eigenvalue weighted by molar-refractivity contribution is 7.18. The fraction of sp³-hybridized carbons (Fsp3) is 0.360. The van der Waals surface area contributed by atoms with Crippen molar-refractivity contribution in [3.05, 3.63) is 52.9 Å². The molecule has 0 unspecified atom stereocenters. The molecule has 0 atom stereocenters. The third kappa shape index (κ3) is 4.67. The number of thiazole rings is 1. The van der Waals surface area contributed by atoms with Gasteiger partial charge in [-0.3, -0.25) is 9.69 Å². The van der Waals surface area contributed by atoms with Crippen molar-refractivity contribution in [1.82, 2.24) is 9.88 Å². The highest BCUT2D eigenvalue weighted by Crippen LogP contribution is 2.34. The summed E-state index contributed by atoms with van der Waals surface area (Å²) < 4.78 is 11.1. The molecule has 3 heterocycles. The van der Waals surface area contributed by atoms with Gasteiger partial charge in [-0.15, -0.1) is 0 Å². The van der Waals surface area contributed by atoms with Crippen molar-refractivity contribution in [2.75, 3.05) is 55.3 Å². The van der Waals surface area contributed by atoms with Crippen LogP contribution in [0.3, 0.4) is 0 Å². The van der Waals surface area contributed by atoms with Crippen LogP contribution in [0.2, 0.25) is 0 Å². The Hall–Kier alpha value is -3.30. The summed E-state index contributed by atoms with van der Waals surface area (Å²) in [5.74, 6) is 1.25. The summed E-state index contributed by atoms with van der Waals surface area (Å²) in [4.78, 5) is 22.7. The van der Waals surface area contributed by atoms with Gasteiger partial charge >= 0.3 is 0 Å². The third-order valence-corrected chi connectivity index (χ3v) is 7.18. The molecule has 0 spiro atoms. The predicted octanol–water partition coefficient (Wildman–Crippen LogP) is 4.00. The average Bonchev–Trinajstić information content (AvgIpc) is 3.23. The van der Waals surface area contributed by atoms with E-state index in [1.54, 1.807) is 18.2 Å². The van der Waals surface area contributed by atoms with Gasteiger partial charge in [0.25, 0.3) is 0 Å². The molecule has 5 rings (SSSR count). The van der Waals surface area contributed by atoms with E-state index in [0.717, 1.165) is 31.9 Å². The Bertz CT molecular complexity index is 1170. The van der Waals surface area contributed by atoms with E-state index in [0.29, 0.717) is 46.3 Å². The standard InChI is InChI=1S/C25H29N5O3S/c1-16(2)29-9-11-30(12-10-29)19-6-4-18(5-7-19)27-25-28-24(26)23(34-25)22(31)17-3-8-20-21(15-17)33-14-13-32-20/h3-8,15-16H,9-14,26H2,1-2H3,(H,27,28). The number of nitrogens with one attached hydrogen (secondary N) is 1. The molecule has 0 bridgehead atoms. The van der Waals surface area contributed by atoms with E-state index >= 15 is 0 Å². The number of aromatic nitrogens is 1. The van der Waals surface area contributed by atoms with Crippen LogP contribution in [-0.4, -0.2) is 61.1 Å². The fourth-order valence-electron chi connectivity index (χ4n) is 4.24. The lowest BCUT2D eigenvalue weighted by Gasteiger charge is -2.38. The minimum absolute atomic E-state index is 0.184. The van der Waals surface area contributed by atoms with Crippen molar-refractivity contribution in [2.45, 2.75) is 19.9 Å². The minimum Gasteiger partial charge on any atom is -0.486 e. The molecule has 0 radical (unpaired) electrons. The van der Waals surface area contributed by atoms with Gasteiger partial charge in [0, 0.05) is 49.2 Å². The van der Waals surface area contributed by atoms with E-state index in [1.807, 2.05) is 12.1 Å². The number of carbonyl (C=O) groups is 1. The van der Waals surface area contributed by atoms with Gasteiger partial charge in [-0.05, 0) is 56.3 Å². The highest BCUT2D eigenvalue weighted by Gasteiger charge is 2.22. The number of ether oxygens (including phenoxy) is 2. The number of anilines is 4. The average molecular weight is 480 g/mol. The Kier molecular flexibility index (Phi) is 6.30. The molecule has 2 aliphatic rings. The molecule has 1 saturated heterocycles. The Morgan fingerprint density at radius 2 is 1.74 bits per heavy atom. The number of carbonyl (C=O) groups excluding carboxylic acids is 1. The summed E-state index contributed by atoms with van der Waals surface area (Å²) in [6, 6.07) is 14.1. The van der Waals surface area contributed by atoms with E-state index in [1.165, 1.54) is 17.0 Å². The quantitative estimate of drug-likeness (QED) is 0.513. The first-order chi connectivity index (χ1) is 16.5. The van der Waals surface area contributed by atoms with E-state index in [9.17, 15) is 4.79 Å². The van der Waals surface area contributed by atoms with E-state index in [2.05, 4.69) is 46.1 Å². The van der Waals surface area contributed by atoms with Crippen LogP contribution in [0, 0.1) is 0 Å². The normalized spacial score (nSPS) is 16.0. The topological polar surface area (TPSA) is 93.0 Å². The van der Waals surface area contributed by atoms with Gasteiger partial charge in [0.1, 0.15) is 23.9 Å². The molecular weight excluding hydrogens is 450 g/mol. The summed E-state index contributed by atoms with van der Waals surface area (Å²) in [6.45, 7) is 9.68. The molecule has 34 heavy (non-hydrogen) atoms. The summed E-state index contributed by atoms with van der Waals surface area (Å²) >= 11 is 1.25. The van der Waals surface area contributed by atoms with Crippen LogP contribution in [-0.2, 0) is 0 Å². The highest BCUT2D eigenvalue weighted by atomic mass is 32.1. The van der Waals surface area contributed by atoms with Gasteiger partial charge in [-0.2, -0.15) is 0 Å². The van der Waals surface area contributed by atoms with Crippen molar-refractivity contribution < 1.29 is 14.3 Å². The molecule has 1 aromatic heterocycles. The number of piperazine rings is 1. The van der Waals surface area contributed by atoms with Crippen LogP contribution < -0.4 is 25.4 Å². The van der Waals surface area contributed by atoms with Crippen molar-refractivity contribution >= 4 is 39.4 Å².